The lowest BCUT2D eigenvalue weighted by Gasteiger charge is -2.19. The molecule has 1 fully saturated rings. The van der Waals surface area contributed by atoms with Gasteiger partial charge in [-0.1, -0.05) is 12.8 Å². The highest BCUT2D eigenvalue weighted by molar-refractivity contribution is 7.93. The second kappa shape index (κ2) is 8.78. The molecule has 2 heterocycles. The smallest absolute Gasteiger partial charge is 0.289 e. The summed E-state index contributed by atoms with van der Waals surface area (Å²) in [6.45, 7) is 6.42. The summed E-state index contributed by atoms with van der Waals surface area (Å²) in [6, 6.07) is 4.57. The Kier molecular flexibility index (Phi) is 6.18. The van der Waals surface area contributed by atoms with Gasteiger partial charge in [0.1, 0.15) is 4.90 Å². The van der Waals surface area contributed by atoms with Crippen LogP contribution < -0.4 is 4.72 Å². The van der Waals surface area contributed by atoms with Crippen LogP contribution >= 0.6 is 0 Å². The van der Waals surface area contributed by atoms with Gasteiger partial charge in [0.25, 0.3) is 15.9 Å². The summed E-state index contributed by atoms with van der Waals surface area (Å²) >= 11 is 0. The number of furan rings is 1. The van der Waals surface area contributed by atoms with Gasteiger partial charge in [0, 0.05) is 30.1 Å². The van der Waals surface area contributed by atoms with Crippen molar-refractivity contribution in [3.63, 3.8) is 0 Å². The molecule has 33 heavy (non-hydrogen) atoms. The summed E-state index contributed by atoms with van der Waals surface area (Å²) in [7, 11) is -4.24. The second-order valence-corrected chi connectivity index (χ2v) is 10.1. The third kappa shape index (κ3) is 4.34. The van der Waals surface area contributed by atoms with Gasteiger partial charge in [-0.25, -0.2) is 17.2 Å². The minimum Gasteiger partial charge on any atom is -0.449 e. The van der Waals surface area contributed by atoms with Crippen molar-refractivity contribution >= 4 is 32.6 Å². The molecule has 0 unspecified atom stereocenters. The van der Waals surface area contributed by atoms with E-state index in [-0.39, 0.29) is 27.8 Å². The third-order valence-corrected chi connectivity index (χ3v) is 7.75. The molecule has 0 saturated carbocycles. The van der Waals surface area contributed by atoms with Gasteiger partial charge in [-0.15, -0.1) is 0 Å². The number of halogens is 2. The predicted molar refractivity (Wildman–Crippen MR) is 122 cm³/mol. The van der Waals surface area contributed by atoms with E-state index in [2.05, 4.69) is 4.72 Å². The fourth-order valence-corrected chi connectivity index (χ4v) is 5.75. The zero-order chi connectivity index (χ0) is 23.9. The van der Waals surface area contributed by atoms with E-state index in [1.165, 1.54) is 0 Å². The third-order valence-electron chi connectivity index (χ3n) is 6.22. The highest BCUT2D eigenvalue weighted by atomic mass is 32.2. The van der Waals surface area contributed by atoms with Crippen molar-refractivity contribution in [2.24, 2.45) is 0 Å². The number of aryl methyl sites for hydroxylation is 2. The molecule has 0 atom stereocenters. The number of rotatable bonds is 4. The summed E-state index contributed by atoms with van der Waals surface area (Å²) < 4.78 is 61.8. The maximum absolute atomic E-state index is 13.6. The number of nitrogens with one attached hydrogen (secondary N) is 1. The number of sulfonamides is 1. The molecule has 176 valence electrons. The topological polar surface area (TPSA) is 79.6 Å². The van der Waals surface area contributed by atoms with E-state index in [0.717, 1.165) is 43.9 Å². The number of nitrogens with zero attached hydrogens (tertiary/aromatic N) is 1. The van der Waals surface area contributed by atoms with Crippen molar-refractivity contribution in [3.05, 3.63) is 58.4 Å². The number of hydrogen-bond acceptors (Lipinski definition) is 4. The SMILES string of the molecule is Cc1cc2c(C)c(C(=O)N3CCCCCC3)oc2c(S(=O)(=O)Nc2ccc(F)c(F)c2)c1C. The molecule has 2 aromatic carbocycles. The van der Waals surface area contributed by atoms with Crippen LogP contribution in [0.15, 0.2) is 33.6 Å². The van der Waals surface area contributed by atoms with Crippen molar-refractivity contribution < 1.29 is 26.4 Å². The summed E-state index contributed by atoms with van der Waals surface area (Å²) in [6.07, 6.45) is 3.97. The number of likely N-dealkylation sites (tertiary alicyclic amines) is 1. The Morgan fingerprint density at radius 2 is 1.64 bits per heavy atom. The molecule has 0 spiro atoms. The largest absolute Gasteiger partial charge is 0.449 e. The van der Waals surface area contributed by atoms with Gasteiger partial charge >= 0.3 is 0 Å². The standard InChI is InChI=1S/C24H26F2N2O4S/c1-14-12-18-16(3)21(24(29)28-10-6-4-5-7-11-28)32-22(18)23(15(14)2)33(30,31)27-17-8-9-19(25)20(26)13-17/h8-9,12-13,27H,4-7,10-11H2,1-3H3. The summed E-state index contributed by atoms with van der Waals surface area (Å²) in [4.78, 5) is 14.9. The monoisotopic (exact) mass is 476 g/mol. The fourth-order valence-electron chi connectivity index (χ4n) is 4.25. The molecule has 1 aliphatic rings. The first-order chi connectivity index (χ1) is 15.6. The molecule has 1 N–H and O–H groups in total. The minimum atomic E-state index is -4.24. The second-order valence-electron chi connectivity index (χ2n) is 8.52. The van der Waals surface area contributed by atoms with Gasteiger partial charge in [-0.2, -0.15) is 0 Å². The molecular weight excluding hydrogens is 450 g/mol. The number of amides is 1. The first-order valence-corrected chi connectivity index (χ1v) is 12.4. The summed E-state index contributed by atoms with van der Waals surface area (Å²) in [5, 5.41) is 0.530. The molecule has 1 aliphatic heterocycles. The number of fused-ring (bicyclic) bond motifs is 1. The summed E-state index contributed by atoms with van der Waals surface area (Å²) in [5.74, 6) is -2.37. The highest BCUT2D eigenvalue weighted by Gasteiger charge is 2.30. The van der Waals surface area contributed by atoms with Crippen LogP contribution in [0.5, 0.6) is 0 Å². The number of carbonyl (C=O) groups is 1. The molecule has 0 bridgehead atoms. The lowest BCUT2D eigenvalue weighted by Crippen LogP contribution is -2.31. The lowest BCUT2D eigenvalue weighted by molar-refractivity contribution is 0.0731. The number of carbonyl (C=O) groups excluding carboxylic acids is 1. The average Bonchev–Trinajstić information content (AvgIpc) is 2.94. The van der Waals surface area contributed by atoms with Crippen LogP contribution in [0.25, 0.3) is 11.0 Å². The van der Waals surface area contributed by atoms with Gasteiger partial charge in [0.15, 0.2) is 23.0 Å². The van der Waals surface area contributed by atoms with Crippen molar-refractivity contribution in [1.29, 1.82) is 0 Å². The number of benzene rings is 2. The predicted octanol–water partition coefficient (Wildman–Crippen LogP) is 5.45. The Hall–Kier alpha value is -2.94. The van der Waals surface area contributed by atoms with Gasteiger partial charge in [-0.3, -0.25) is 9.52 Å². The van der Waals surface area contributed by atoms with E-state index in [4.69, 9.17) is 4.42 Å². The van der Waals surface area contributed by atoms with Crippen molar-refractivity contribution in [3.8, 4) is 0 Å². The molecule has 1 aromatic heterocycles. The van der Waals surface area contributed by atoms with E-state index in [9.17, 15) is 22.0 Å². The van der Waals surface area contributed by atoms with Crippen LogP contribution in [0.1, 0.15) is 52.9 Å². The molecule has 0 radical (unpaired) electrons. The lowest BCUT2D eigenvalue weighted by atomic mass is 10.0. The van der Waals surface area contributed by atoms with Crippen LogP contribution in [0.2, 0.25) is 0 Å². The molecule has 3 aromatic rings. The molecule has 1 amide bonds. The molecule has 6 nitrogen and oxygen atoms in total. The van der Waals surface area contributed by atoms with Crippen LogP contribution in [-0.2, 0) is 10.0 Å². The molecule has 4 rings (SSSR count). The van der Waals surface area contributed by atoms with Crippen LogP contribution in [0.3, 0.4) is 0 Å². The molecule has 1 saturated heterocycles. The Morgan fingerprint density at radius 1 is 0.970 bits per heavy atom. The van der Waals surface area contributed by atoms with Gasteiger partial charge in [0.2, 0.25) is 0 Å². The van der Waals surface area contributed by atoms with Gasteiger partial charge in [0.05, 0.1) is 5.69 Å². The number of anilines is 1. The molecule has 9 heteroatoms. The molecular formula is C24H26F2N2O4S. The maximum Gasteiger partial charge on any atom is 0.289 e. The van der Waals surface area contributed by atoms with Gasteiger partial charge in [-0.05, 0) is 62.9 Å². The Morgan fingerprint density at radius 3 is 2.27 bits per heavy atom. The fraction of sp³-hybridized carbons (Fsp3) is 0.375. The first kappa shape index (κ1) is 23.2. The van der Waals surface area contributed by atoms with Crippen LogP contribution in [0.4, 0.5) is 14.5 Å². The zero-order valence-corrected chi connectivity index (χ0v) is 19.6. The normalized spacial score (nSPS) is 15.0. The van der Waals surface area contributed by atoms with Crippen molar-refractivity contribution in [1.82, 2.24) is 4.90 Å². The maximum atomic E-state index is 13.6. The van der Waals surface area contributed by atoms with Crippen LogP contribution in [0, 0.1) is 32.4 Å². The van der Waals surface area contributed by atoms with Crippen LogP contribution in [-0.4, -0.2) is 32.3 Å². The Balaban J connectivity index is 1.82. The van der Waals surface area contributed by atoms with E-state index >= 15 is 0 Å². The minimum absolute atomic E-state index is 0.0730. The van der Waals surface area contributed by atoms with E-state index in [1.807, 2.05) is 0 Å². The van der Waals surface area contributed by atoms with Crippen molar-refractivity contribution in [2.45, 2.75) is 51.3 Å². The first-order valence-electron chi connectivity index (χ1n) is 10.9. The number of hydrogen-bond donors (Lipinski definition) is 1. The summed E-state index contributed by atoms with van der Waals surface area (Å²) in [5.41, 5.74) is 1.67. The van der Waals surface area contributed by atoms with Crippen molar-refractivity contribution in [2.75, 3.05) is 17.8 Å². The molecule has 0 aliphatic carbocycles. The highest BCUT2D eigenvalue weighted by Crippen LogP contribution is 2.36. The Bertz CT molecular complexity index is 1340. The van der Waals surface area contributed by atoms with Gasteiger partial charge < -0.3 is 9.32 Å². The average molecular weight is 477 g/mol. The zero-order valence-electron chi connectivity index (χ0n) is 18.8. The van der Waals surface area contributed by atoms with E-state index in [1.54, 1.807) is 31.7 Å². The quantitative estimate of drug-likeness (QED) is 0.543. The van der Waals surface area contributed by atoms with E-state index < -0.39 is 21.7 Å². The van der Waals surface area contributed by atoms with E-state index in [0.29, 0.717) is 35.2 Å². The Labute approximate surface area is 191 Å².